The lowest BCUT2D eigenvalue weighted by Gasteiger charge is -2.14. The normalized spacial score (nSPS) is 21.3. The second-order valence-electron chi connectivity index (χ2n) is 3.80. The average molecular weight is 194 g/mol. The van der Waals surface area contributed by atoms with E-state index in [1.807, 2.05) is 7.05 Å². The first-order valence-electron chi connectivity index (χ1n) is 5.64. The molecule has 1 rings (SSSR count). The first-order chi connectivity index (χ1) is 6.86. The largest absolute Gasteiger partial charge is 0.391 e. The van der Waals surface area contributed by atoms with Crippen LogP contribution >= 0.6 is 0 Å². The van der Waals surface area contributed by atoms with Crippen LogP contribution in [0.3, 0.4) is 0 Å². The first-order valence-corrected chi connectivity index (χ1v) is 5.64. The molecule has 0 aromatic carbocycles. The highest BCUT2D eigenvalue weighted by atomic mass is 14.9. The van der Waals surface area contributed by atoms with Gasteiger partial charge in [0.1, 0.15) is 0 Å². The fraction of sp³-hybridized carbons (Fsp3) is 0.667. The molecule has 0 amide bonds. The molecule has 1 heterocycles. The zero-order valence-corrected chi connectivity index (χ0v) is 9.40. The summed E-state index contributed by atoms with van der Waals surface area (Å²) in [6.45, 7) is 4.45. The summed E-state index contributed by atoms with van der Waals surface area (Å²) in [5.41, 5.74) is 2.87. The highest BCUT2D eigenvalue weighted by molar-refractivity contribution is 5.18. The van der Waals surface area contributed by atoms with E-state index < -0.39 is 0 Å². The van der Waals surface area contributed by atoms with Crippen molar-refractivity contribution in [2.24, 2.45) is 0 Å². The fourth-order valence-electron chi connectivity index (χ4n) is 1.70. The van der Waals surface area contributed by atoms with Gasteiger partial charge in [0.2, 0.25) is 0 Å². The van der Waals surface area contributed by atoms with Gasteiger partial charge < -0.3 is 10.6 Å². The maximum absolute atomic E-state index is 3.39. The summed E-state index contributed by atoms with van der Waals surface area (Å²) in [5.74, 6) is 0. The molecule has 2 N–H and O–H groups in total. The van der Waals surface area contributed by atoms with E-state index in [4.69, 9.17) is 0 Å². The Morgan fingerprint density at radius 2 is 2.43 bits per heavy atom. The van der Waals surface area contributed by atoms with Crippen molar-refractivity contribution in [2.45, 2.75) is 32.6 Å². The van der Waals surface area contributed by atoms with Crippen LogP contribution in [0, 0.1) is 0 Å². The molecule has 80 valence electrons. The molecule has 1 fully saturated rings. The number of allylic oxidation sites excluding steroid dienone is 3. The zero-order chi connectivity index (χ0) is 10.2. The van der Waals surface area contributed by atoms with Crippen LogP contribution in [0.5, 0.6) is 0 Å². The summed E-state index contributed by atoms with van der Waals surface area (Å²) < 4.78 is 0. The molecule has 0 aromatic heterocycles. The van der Waals surface area contributed by atoms with Crippen molar-refractivity contribution >= 4 is 0 Å². The monoisotopic (exact) mass is 194 g/mol. The van der Waals surface area contributed by atoms with Gasteiger partial charge in [-0.2, -0.15) is 0 Å². The van der Waals surface area contributed by atoms with Crippen molar-refractivity contribution in [1.82, 2.24) is 10.6 Å². The second-order valence-corrected chi connectivity index (χ2v) is 3.80. The number of hydrogen-bond acceptors (Lipinski definition) is 2. The summed E-state index contributed by atoms with van der Waals surface area (Å²) >= 11 is 0. The molecular weight excluding hydrogens is 172 g/mol. The Morgan fingerprint density at radius 1 is 1.57 bits per heavy atom. The van der Waals surface area contributed by atoms with Crippen LogP contribution in [0.2, 0.25) is 0 Å². The Kier molecular flexibility index (Phi) is 5.38. The molecule has 2 nitrogen and oxygen atoms in total. The maximum atomic E-state index is 3.39. The SMILES string of the molecule is CCC/C(=C/C=C1/CCCNC1)NC. The van der Waals surface area contributed by atoms with Crippen LogP contribution in [-0.4, -0.2) is 20.1 Å². The third-order valence-electron chi connectivity index (χ3n) is 2.56. The number of rotatable bonds is 4. The van der Waals surface area contributed by atoms with E-state index in [0.717, 1.165) is 13.0 Å². The van der Waals surface area contributed by atoms with Crippen LogP contribution in [0.25, 0.3) is 0 Å². The van der Waals surface area contributed by atoms with Crippen molar-refractivity contribution in [3.8, 4) is 0 Å². The predicted molar refractivity (Wildman–Crippen MR) is 62.2 cm³/mol. The zero-order valence-electron chi connectivity index (χ0n) is 9.40. The molecule has 0 saturated carbocycles. The van der Waals surface area contributed by atoms with E-state index in [0.29, 0.717) is 0 Å². The summed E-state index contributed by atoms with van der Waals surface area (Å²) in [4.78, 5) is 0. The molecule has 14 heavy (non-hydrogen) atoms. The Bertz CT molecular complexity index is 197. The van der Waals surface area contributed by atoms with E-state index in [1.54, 1.807) is 0 Å². The van der Waals surface area contributed by atoms with E-state index in [-0.39, 0.29) is 0 Å². The van der Waals surface area contributed by atoms with Crippen molar-refractivity contribution in [3.63, 3.8) is 0 Å². The molecule has 0 aromatic rings. The van der Waals surface area contributed by atoms with Gasteiger partial charge in [0.05, 0.1) is 0 Å². The van der Waals surface area contributed by atoms with Crippen LogP contribution in [0.15, 0.2) is 23.4 Å². The Morgan fingerprint density at radius 3 is 3.00 bits per heavy atom. The molecule has 0 spiro atoms. The highest BCUT2D eigenvalue weighted by Crippen LogP contribution is 2.09. The molecule has 2 heteroatoms. The lowest BCUT2D eigenvalue weighted by Crippen LogP contribution is -2.23. The molecule has 1 aliphatic heterocycles. The minimum absolute atomic E-state index is 1.07. The van der Waals surface area contributed by atoms with Crippen LogP contribution in [0.1, 0.15) is 32.6 Å². The number of piperidine rings is 1. The molecule has 0 bridgehead atoms. The van der Waals surface area contributed by atoms with E-state index in [9.17, 15) is 0 Å². The van der Waals surface area contributed by atoms with Crippen molar-refractivity contribution in [2.75, 3.05) is 20.1 Å². The van der Waals surface area contributed by atoms with Gasteiger partial charge in [-0.25, -0.2) is 0 Å². The van der Waals surface area contributed by atoms with Gasteiger partial charge in [0.25, 0.3) is 0 Å². The van der Waals surface area contributed by atoms with Crippen LogP contribution < -0.4 is 10.6 Å². The van der Waals surface area contributed by atoms with Crippen LogP contribution in [0.4, 0.5) is 0 Å². The minimum Gasteiger partial charge on any atom is -0.391 e. The summed E-state index contributed by atoms with van der Waals surface area (Å²) in [5, 5.41) is 6.63. The van der Waals surface area contributed by atoms with Crippen molar-refractivity contribution in [3.05, 3.63) is 23.4 Å². The second kappa shape index (κ2) is 6.66. The van der Waals surface area contributed by atoms with E-state index >= 15 is 0 Å². The summed E-state index contributed by atoms with van der Waals surface area (Å²) in [7, 11) is 2.00. The van der Waals surface area contributed by atoms with Gasteiger partial charge in [-0.3, -0.25) is 0 Å². The number of nitrogens with one attached hydrogen (secondary N) is 2. The van der Waals surface area contributed by atoms with Gasteiger partial charge >= 0.3 is 0 Å². The molecule has 0 aliphatic carbocycles. The van der Waals surface area contributed by atoms with E-state index in [1.165, 1.54) is 37.1 Å². The summed E-state index contributed by atoms with van der Waals surface area (Å²) in [6, 6.07) is 0. The van der Waals surface area contributed by atoms with Crippen molar-refractivity contribution in [1.29, 1.82) is 0 Å². The minimum atomic E-state index is 1.07. The standard InChI is InChI=1S/C12H22N2/c1-3-5-12(13-2)8-7-11-6-4-9-14-10-11/h7-8,13-14H,3-6,9-10H2,1-2H3/b11-7-,12-8-. The number of hydrogen-bond donors (Lipinski definition) is 2. The van der Waals surface area contributed by atoms with Gasteiger partial charge in [-0.05, 0) is 31.9 Å². The Labute approximate surface area is 87.5 Å². The lowest BCUT2D eigenvalue weighted by molar-refractivity contribution is 0.609. The molecule has 0 unspecified atom stereocenters. The first kappa shape index (κ1) is 11.3. The van der Waals surface area contributed by atoms with Gasteiger partial charge in [-0.1, -0.05) is 25.0 Å². The van der Waals surface area contributed by atoms with Gasteiger partial charge in [-0.15, -0.1) is 0 Å². The average Bonchev–Trinajstić information content (AvgIpc) is 2.25. The van der Waals surface area contributed by atoms with E-state index in [2.05, 4.69) is 29.7 Å². The lowest BCUT2D eigenvalue weighted by atomic mass is 10.1. The molecule has 0 radical (unpaired) electrons. The smallest absolute Gasteiger partial charge is 0.0167 e. The topological polar surface area (TPSA) is 24.1 Å². The Hall–Kier alpha value is -0.760. The third kappa shape index (κ3) is 3.97. The van der Waals surface area contributed by atoms with Gasteiger partial charge in [0.15, 0.2) is 0 Å². The van der Waals surface area contributed by atoms with Gasteiger partial charge in [0, 0.05) is 19.3 Å². The quantitative estimate of drug-likeness (QED) is 0.717. The third-order valence-corrected chi connectivity index (χ3v) is 2.56. The summed E-state index contributed by atoms with van der Waals surface area (Å²) in [6.07, 6.45) is 9.39. The molecule has 0 atom stereocenters. The Balaban J connectivity index is 2.47. The fourth-order valence-corrected chi connectivity index (χ4v) is 1.70. The molecule has 1 saturated heterocycles. The predicted octanol–water partition coefficient (Wildman–Crippen LogP) is 2.20. The maximum Gasteiger partial charge on any atom is 0.0167 e. The highest BCUT2D eigenvalue weighted by Gasteiger charge is 2.02. The van der Waals surface area contributed by atoms with Crippen LogP contribution in [-0.2, 0) is 0 Å². The molecule has 1 aliphatic rings. The van der Waals surface area contributed by atoms with Crippen molar-refractivity contribution < 1.29 is 0 Å². The molecular formula is C12H22N2.